The van der Waals surface area contributed by atoms with Crippen molar-refractivity contribution >= 4 is 21.9 Å². The first-order chi connectivity index (χ1) is 9.66. The topological polar surface area (TPSA) is 81.1 Å². The second kappa shape index (κ2) is 4.93. The van der Waals surface area contributed by atoms with Gasteiger partial charge in [0.25, 0.3) is 0 Å². The molecule has 20 heavy (non-hydrogen) atoms. The van der Waals surface area contributed by atoms with Crippen molar-refractivity contribution in [3.8, 4) is 17.1 Å². The SMILES string of the molecule is O=C(O)c1nnn(-c2ccc(Br)cc2)c1-c1ccco1. The van der Waals surface area contributed by atoms with Crippen LogP contribution in [0.3, 0.4) is 0 Å². The van der Waals surface area contributed by atoms with E-state index in [0.717, 1.165) is 4.47 Å². The second-order valence-corrected chi connectivity index (χ2v) is 4.87. The molecule has 100 valence electrons. The van der Waals surface area contributed by atoms with Gasteiger partial charge in [0.2, 0.25) is 5.69 Å². The molecular formula is C13H8BrN3O3. The summed E-state index contributed by atoms with van der Waals surface area (Å²) in [6.45, 7) is 0. The van der Waals surface area contributed by atoms with E-state index in [1.807, 2.05) is 12.1 Å². The number of furan rings is 1. The third kappa shape index (κ3) is 2.12. The number of halogens is 1. The van der Waals surface area contributed by atoms with Crippen molar-refractivity contribution in [3.63, 3.8) is 0 Å². The Morgan fingerprint density at radius 1 is 1.25 bits per heavy atom. The van der Waals surface area contributed by atoms with Gasteiger partial charge in [-0.2, -0.15) is 0 Å². The number of aromatic carboxylic acids is 1. The normalized spacial score (nSPS) is 10.7. The first-order valence-electron chi connectivity index (χ1n) is 5.65. The van der Waals surface area contributed by atoms with E-state index < -0.39 is 5.97 Å². The summed E-state index contributed by atoms with van der Waals surface area (Å²) in [7, 11) is 0. The van der Waals surface area contributed by atoms with Gasteiger partial charge in [0.1, 0.15) is 5.69 Å². The number of benzene rings is 1. The second-order valence-electron chi connectivity index (χ2n) is 3.96. The van der Waals surface area contributed by atoms with Crippen LogP contribution in [0.4, 0.5) is 0 Å². The lowest BCUT2D eigenvalue weighted by atomic mass is 10.2. The van der Waals surface area contributed by atoms with Gasteiger partial charge in [-0.3, -0.25) is 0 Å². The lowest BCUT2D eigenvalue weighted by molar-refractivity contribution is 0.0691. The van der Waals surface area contributed by atoms with Gasteiger partial charge in [0, 0.05) is 4.47 Å². The Morgan fingerprint density at radius 2 is 2.00 bits per heavy atom. The predicted molar refractivity (Wildman–Crippen MR) is 73.7 cm³/mol. The molecule has 3 aromatic rings. The molecule has 0 saturated heterocycles. The molecule has 0 atom stereocenters. The Labute approximate surface area is 121 Å². The van der Waals surface area contributed by atoms with Crippen LogP contribution in [0.15, 0.2) is 51.6 Å². The number of hydrogen-bond acceptors (Lipinski definition) is 4. The average molecular weight is 334 g/mol. The van der Waals surface area contributed by atoms with E-state index >= 15 is 0 Å². The minimum Gasteiger partial charge on any atom is -0.476 e. The smallest absolute Gasteiger partial charge is 0.358 e. The van der Waals surface area contributed by atoms with Gasteiger partial charge < -0.3 is 9.52 Å². The van der Waals surface area contributed by atoms with Crippen molar-refractivity contribution in [1.29, 1.82) is 0 Å². The summed E-state index contributed by atoms with van der Waals surface area (Å²) in [6, 6.07) is 10.6. The zero-order valence-electron chi connectivity index (χ0n) is 10.0. The molecule has 0 fully saturated rings. The van der Waals surface area contributed by atoms with Gasteiger partial charge in [-0.1, -0.05) is 21.1 Å². The maximum Gasteiger partial charge on any atom is 0.358 e. The van der Waals surface area contributed by atoms with Gasteiger partial charge in [-0.25, -0.2) is 9.48 Å². The standard InChI is InChI=1S/C13H8BrN3O3/c14-8-3-5-9(6-4-8)17-12(10-2-1-7-20-10)11(13(18)19)15-16-17/h1-7H,(H,18,19). The summed E-state index contributed by atoms with van der Waals surface area (Å²) >= 11 is 3.35. The summed E-state index contributed by atoms with van der Waals surface area (Å²) in [6.07, 6.45) is 1.47. The highest BCUT2D eigenvalue weighted by atomic mass is 79.9. The van der Waals surface area contributed by atoms with E-state index in [1.165, 1.54) is 10.9 Å². The molecule has 2 heterocycles. The van der Waals surface area contributed by atoms with Crippen molar-refractivity contribution in [2.75, 3.05) is 0 Å². The zero-order chi connectivity index (χ0) is 14.1. The van der Waals surface area contributed by atoms with E-state index in [9.17, 15) is 9.90 Å². The fraction of sp³-hybridized carbons (Fsp3) is 0. The molecule has 1 aromatic carbocycles. The van der Waals surface area contributed by atoms with Crippen LogP contribution in [0.2, 0.25) is 0 Å². The lowest BCUT2D eigenvalue weighted by Crippen LogP contribution is -2.02. The summed E-state index contributed by atoms with van der Waals surface area (Å²) < 4.78 is 7.64. The number of rotatable bonds is 3. The van der Waals surface area contributed by atoms with Crippen LogP contribution in [0.1, 0.15) is 10.5 Å². The molecule has 0 aliphatic rings. The predicted octanol–water partition coefficient (Wildman–Crippen LogP) is 2.99. The number of nitrogens with zero attached hydrogens (tertiary/aromatic N) is 3. The van der Waals surface area contributed by atoms with Gasteiger partial charge in [0.05, 0.1) is 12.0 Å². The van der Waals surface area contributed by atoms with E-state index in [2.05, 4.69) is 26.2 Å². The molecule has 0 bridgehead atoms. The van der Waals surface area contributed by atoms with E-state index in [-0.39, 0.29) is 5.69 Å². The van der Waals surface area contributed by atoms with Gasteiger partial charge in [-0.05, 0) is 36.4 Å². The molecule has 0 saturated carbocycles. The number of carboxylic acids is 1. The molecule has 3 rings (SSSR count). The maximum absolute atomic E-state index is 11.3. The zero-order valence-corrected chi connectivity index (χ0v) is 11.6. The molecule has 7 heteroatoms. The molecule has 2 aromatic heterocycles. The highest BCUT2D eigenvalue weighted by Crippen LogP contribution is 2.26. The van der Waals surface area contributed by atoms with Crippen LogP contribution < -0.4 is 0 Å². The number of hydrogen-bond donors (Lipinski definition) is 1. The quantitative estimate of drug-likeness (QED) is 0.796. The Morgan fingerprint density at radius 3 is 2.60 bits per heavy atom. The fourth-order valence-corrected chi connectivity index (χ4v) is 2.09. The molecule has 0 amide bonds. The highest BCUT2D eigenvalue weighted by molar-refractivity contribution is 9.10. The van der Waals surface area contributed by atoms with E-state index in [0.29, 0.717) is 17.1 Å². The summed E-state index contributed by atoms with van der Waals surface area (Å²) in [5.74, 6) is -0.755. The number of carbonyl (C=O) groups is 1. The van der Waals surface area contributed by atoms with Crippen molar-refractivity contribution in [1.82, 2.24) is 15.0 Å². The van der Waals surface area contributed by atoms with Crippen LogP contribution in [0.5, 0.6) is 0 Å². The molecule has 0 unspecified atom stereocenters. The van der Waals surface area contributed by atoms with Crippen LogP contribution >= 0.6 is 15.9 Å². The van der Waals surface area contributed by atoms with E-state index in [4.69, 9.17) is 4.42 Å². The molecule has 0 aliphatic carbocycles. The Bertz CT molecular complexity index is 748. The van der Waals surface area contributed by atoms with Crippen LogP contribution in [0, 0.1) is 0 Å². The Kier molecular flexibility index (Phi) is 3.11. The number of carboxylic acid groups (broad SMARTS) is 1. The third-order valence-corrected chi connectivity index (χ3v) is 3.23. The third-order valence-electron chi connectivity index (χ3n) is 2.70. The van der Waals surface area contributed by atoms with Crippen LogP contribution in [-0.4, -0.2) is 26.1 Å². The van der Waals surface area contributed by atoms with Crippen LogP contribution in [0.25, 0.3) is 17.1 Å². The molecule has 1 N–H and O–H groups in total. The first-order valence-corrected chi connectivity index (χ1v) is 6.45. The average Bonchev–Trinajstić information content (AvgIpc) is 3.08. The van der Waals surface area contributed by atoms with Crippen molar-refractivity contribution < 1.29 is 14.3 Å². The van der Waals surface area contributed by atoms with E-state index in [1.54, 1.807) is 24.3 Å². The largest absolute Gasteiger partial charge is 0.476 e. The molecule has 0 spiro atoms. The molecule has 0 radical (unpaired) electrons. The lowest BCUT2D eigenvalue weighted by Gasteiger charge is -2.04. The summed E-state index contributed by atoms with van der Waals surface area (Å²) in [5.41, 5.74) is 0.854. The molecule has 0 aliphatic heterocycles. The number of aromatic nitrogens is 3. The molecule has 6 nitrogen and oxygen atoms in total. The summed E-state index contributed by atoms with van der Waals surface area (Å²) in [4.78, 5) is 11.3. The summed E-state index contributed by atoms with van der Waals surface area (Å²) in [5, 5.41) is 16.8. The van der Waals surface area contributed by atoms with Crippen molar-refractivity contribution in [3.05, 3.63) is 52.8 Å². The van der Waals surface area contributed by atoms with Gasteiger partial charge >= 0.3 is 5.97 Å². The Hall–Kier alpha value is -2.41. The molecular weight excluding hydrogens is 326 g/mol. The minimum atomic E-state index is -1.15. The highest BCUT2D eigenvalue weighted by Gasteiger charge is 2.23. The minimum absolute atomic E-state index is 0.150. The Balaban J connectivity index is 2.21. The monoisotopic (exact) mass is 333 g/mol. The van der Waals surface area contributed by atoms with Crippen molar-refractivity contribution in [2.24, 2.45) is 0 Å². The van der Waals surface area contributed by atoms with Gasteiger partial charge in [-0.15, -0.1) is 5.10 Å². The maximum atomic E-state index is 11.3. The van der Waals surface area contributed by atoms with Crippen LogP contribution in [-0.2, 0) is 0 Å². The van der Waals surface area contributed by atoms with Crippen molar-refractivity contribution in [2.45, 2.75) is 0 Å². The first kappa shape index (κ1) is 12.6. The fourth-order valence-electron chi connectivity index (χ4n) is 1.82. The van der Waals surface area contributed by atoms with Gasteiger partial charge in [0.15, 0.2) is 5.76 Å².